The van der Waals surface area contributed by atoms with Gasteiger partial charge in [-0.15, -0.1) is 0 Å². The third kappa shape index (κ3) is 1.61. The number of rotatable bonds is 3. The maximum atomic E-state index is 11.0. The van der Waals surface area contributed by atoms with Gasteiger partial charge in [0, 0.05) is 6.20 Å². The summed E-state index contributed by atoms with van der Waals surface area (Å²) < 4.78 is 1.73. The lowest BCUT2D eigenvalue weighted by Gasteiger charge is -2.00. The van der Waals surface area contributed by atoms with Crippen molar-refractivity contribution in [3.05, 3.63) is 29.8 Å². The largest absolute Gasteiger partial charge is 0.476 e. The molecule has 0 aromatic carbocycles. The molecule has 5 nitrogen and oxygen atoms in total. The van der Waals surface area contributed by atoms with Crippen LogP contribution in [-0.4, -0.2) is 26.7 Å². The Morgan fingerprint density at radius 3 is 3.06 bits per heavy atom. The lowest BCUT2D eigenvalue weighted by Crippen LogP contribution is -2.00. The number of aromatic carboxylic acids is 1. The second-order valence-corrected chi connectivity index (χ2v) is 4.16. The minimum atomic E-state index is -1.05. The van der Waals surface area contributed by atoms with Crippen molar-refractivity contribution in [3.63, 3.8) is 0 Å². The van der Waals surface area contributed by atoms with E-state index in [0.717, 1.165) is 0 Å². The smallest absolute Gasteiger partial charge is 0.356 e. The summed E-state index contributed by atoms with van der Waals surface area (Å²) in [6.45, 7) is 0. The second-order valence-electron chi connectivity index (χ2n) is 3.30. The van der Waals surface area contributed by atoms with E-state index in [2.05, 4.69) is 4.98 Å². The zero-order valence-corrected chi connectivity index (χ0v) is 9.49. The van der Waals surface area contributed by atoms with E-state index in [1.165, 1.54) is 0 Å². The van der Waals surface area contributed by atoms with Crippen molar-refractivity contribution in [2.75, 3.05) is 12.0 Å². The first-order chi connectivity index (χ1) is 7.65. The fourth-order valence-corrected chi connectivity index (χ4v) is 2.07. The van der Waals surface area contributed by atoms with Crippen molar-refractivity contribution in [1.82, 2.24) is 9.38 Å². The Morgan fingerprint density at radius 2 is 2.44 bits per heavy atom. The average molecular weight is 237 g/mol. The van der Waals surface area contributed by atoms with Gasteiger partial charge in [0.15, 0.2) is 5.69 Å². The van der Waals surface area contributed by atoms with Crippen molar-refractivity contribution >= 4 is 28.9 Å². The van der Waals surface area contributed by atoms with Gasteiger partial charge in [0.05, 0.1) is 11.4 Å². The molecule has 0 aliphatic heterocycles. The summed E-state index contributed by atoms with van der Waals surface area (Å²) in [6, 6.07) is 3.45. The number of carboxylic acids is 1. The lowest BCUT2D eigenvalue weighted by atomic mass is 10.3. The van der Waals surface area contributed by atoms with Gasteiger partial charge in [-0.1, -0.05) is 0 Å². The van der Waals surface area contributed by atoms with Gasteiger partial charge in [0.2, 0.25) is 0 Å². The number of hydrogen-bond donors (Lipinski definition) is 2. The van der Waals surface area contributed by atoms with Crippen LogP contribution in [0, 0.1) is 0 Å². The lowest BCUT2D eigenvalue weighted by molar-refractivity contribution is 0.0693. The van der Waals surface area contributed by atoms with E-state index < -0.39 is 5.97 Å². The van der Waals surface area contributed by atoms with E-state index in [-0.39, 0.29) is 5.69 Å². The summed E-state index contributed by atoms with van der Waals surface area (Å²) in [5.74, 6) is 0.299. The Kier molecular flexibility index (Phi) is 2.74. The Labute approximate surface area is 96.3 Å². The number of fused-ring (bicyclic) bond motifs is 1. The highest BCUT2D eigenvalue weighted by atomic mass is 32.2. The zero-order valence-electron chi connectivity index (χ0n) is 8.67. The Balaban J connectivity index is 2.76. The normalized spacial score (nSPS) is 10.8. The molecule has 3 N–H and O–H groups in total. The zero-order chi connectivity index (χ0) is 11.7. The van der Waals surface area contributed by atoms with E-state index >= 15 is 0 Å². The minimum absolute atomic E-state index is 0.0159. The molecule has 0 atom stereocenters. The van der Waals surface area contributed by atoms with Gasteiger partial charge in [-0.05, 0) is 18.4 Å². The first kappa shape index (κ1) is 10.8. The molecule has 0 aliphatic rings. The molecule has 0 fully saturated rings. The third-order valence-corrected chi connectivity index (χ3v) is 2.79. The quantitative estimate of drug-likeness (QED) is 0.845. The van der Waals surface area contributed by atoms with Crippen LogP contribution >= 0.6 is 11.8 Å². The number of aromatic nitrogens is 2. The van der Waals surface area contributed by atoms with Crippen LogP contribution in [-0.2, 0) is 5.75 Å². The monoisotopic (exact) mass is 237 g/mol. The van der Waals surface area contributed by atoms with E-state index in [1.54, 1.807) is 34.5 Å². The van der Waals surface area contributed by atoms with Gasteiger partial charge < -0.3 is 15.2 Å². The third-order valence-electron chi connectivity index (χ3n) is 2.24. The predicted molar refractivity (Wildman–Crippen MR) is 63.8 cm³/mol. The van der Waals surface area contributed by atoms with Crippen LogP contribution in [0.25, 0.3) is 5.52 Å². The van der Waals surface area contributed by atoms with Crippen LogP contribution in [0.15, 0.2) is 18.3 Å². The summed E-state index contributed by atoms with van der Waals surface area (Å²) in [5, 5.41) is 9.05. The topological polar surface area (TPSA) is 80.6 Å². The van der Waals surface area contributed by atoms with Gasteiger partial charge in [-0.3, -0.25) is 0 Å². The molecule has 0 radical (unpaired) electrons. The number of hydrogen-bond acceptors (Lipinski definition) is 4. The van der Waals surface area contributed by atoms with Crippen molar-refractivity contribution in [2.45, 2.75) is 5.75 Å². The molecule has 0 saturated heterocycles. The van der Waals surface area contributed by atoms with E-state index in [4.69, 9.17) is 10.8 Å². The fourth-order valence-electron chi connectivity index (χ4n) is 1.61. The number of nitrogens with two attached hydrogens (primary N) is 1. The van der Waals surface area contributed by atoms with Crippen LogP contribution in [0.4, 0.5) is 5.69 Å². The molecule has 2 aromatic rings. The molecule has 0 saturated carbocycles. The Hall–Kier alpha value is -1.69. The van der Waals surface area contributed by atoms with Gasteiger partial charge >= 0.3 is 5.97 Å². The molecule has 0 amide bonds. The molecule has 0 bridgehead atoms. The van der Waals surface area contributed by atoms with Crippen LogP contribution in [0.5, 0.6) is 0 Å². The summed E-state index contributed by atoms with van der Waals surface area (Å²) in [4.78, 5) is 15.1. The minimum Gasteiger partial charge on any atom is -0.476 e. The van der Waals surface area contributed by atoms with E-state index in [0.29, 0.717) is 22.8 Å². The number of pyridine rings is 1. The van der Waals surface area contributed by atoms with Crippen LogP contribution in [0.3, 0.4) is 0 Å². The highest BCUT2D eigenvalue weighted by Gasteiger charge is 2.17. The molecule has 84 valence electrons. The number of carbonyl (C=O) groups is 1. The number of carboxylic acid groups (broad SMARTS) is 1. The first-order valence-electron chi connectivity index (χ1n) is 4.62. The van der Waals surface area contributed by atoms with Crippen LogP contribution in [0.2, 0.25) is 0 Å². The van der Waals surface area contributed by atoms with Gasteiger partial charge in [-0.25, -0.2) is 9.78 Å². The van der Waals surface area contributed by atoms with Crippen molar-refractivity contribution in [3.8, 4) is 0 Å². The van der Waals surface area contributed by atoms with Gasteiger partial charge in [0.25, 0.3) is 0 Å². The summed E-state index contributed by atoms with van der Waals surface area (Å²) in [7, 11) is 0. The molecule has 16 heavy (non-hydrogen) atoms. The highest BCUT2D eigenvalue weighted by molar-refractivity contribution is 7.97. The number of anilines is 1. The standard InChI is InChI=1S/C10H11N3O2S/c1-16-5-7-12-8(10(14)15)9-6(11)3-2-4-13(7)9/h2-4H,5,11H2,1H3,(H,14,15). The first-order valence-corrected chi connectivity index (χ1v) is 6.02. The average Bonchev–Trinajstić information content (AvgIpc) is 2.60. The fraction of sp³-hybridized carbons (Fsp3) is 0.200. The van der Waals surface area contributed by atoms with Crippen LogP contribution in [0.1, 0.15) is 16.3 Å². The summed E-state index contributed by atoms with van der Waals surface area (Å²) in [5.41, 5.74) is 6.69. The van der Waals surface area contributed by atoms with E-state index in [9.17, 15) is 4.79 Å². The molecular formula is C10H11N3O2S. The Morgan fingerprint density at radius 1 is 1.69 bits per heavy atom. The molecule has 2 heterocycles. The SMILES string of the molecule is CSCc1nc(C(=O)O)c2c(N)cccn12. The van der Waals surface area contributed by atoms with Crippen LogP contribution < -0.4 is 5.73 Å². The number of nitrogen functional groups attached to an aromatic ring is 1. The molecule has 0 aliphatic carbocycles. The van der Waals surface area contributed by atoms with Crippen molar-refractivity contribution in [2.24, 2.45) is 0 Å². The molecule has 0 unspecified atom stereocenters. The van der Waals surface area contributed by atoms with Gasteiger partial charge in [-0.2, -0.15) is 11.8 Å². The maximum absolute atomic E-state index is 11.0. The number of imidazole rings is 1. The summed E-state index contributed by atoms with van der Waals surface area (Å²) in [6.07, 6.45) is 3.71. The van der Waals surface area contributed by atoms with E-state index in [1.807, 2.05) is 6.26 Å². The maximum Gasteiger partial charge on any atom is 0.356 e. The highest BCUT2D eigenvalue weighted by Crippen LogP contribution is 2.21. The molecule has 0 spiro atoms. The van der Waals surface area contributed by atoms with Crippen molar-refractivity contribution < 1.29 is 9.90 Å². The van der Waals surface area contributed by atoms with Crippen molar-refractivity contribution in [1.29, 1.82) is 0 Å². The molecular weight excluding hydrogens is 226 g/mol. The number of nitrogens with zero attached hydrogens (tertiary/aromatic N) is 2. The molecule has 2 aromatic heterocycles. The summed E-state index contributed by atoms with van der Waals surface area (Å²) >= 11 is 1.58. The van der Waals surface area contributed by atoms with Gasteiger partial charge in [0.1, 0.15) is 11.3 Å². The molecule has 2 rings (SSSR count). The Bertz CT molecular complexity index is 550. The predicted octanol–water partition coefficient (Wildman–Crippen LogP) is 1.48. The second kappa shape index (κ2) is 4.05. The molecule has 6 heteroatoms. The number of thioether (sulfide) groups is 1.